The summed E-state index contributed by atoms with van der Waals surface area (Å²) in [6.07, 6.45) is 1.04. The van der Waals surface area contributed by atoms with Crippen molar-refractivity contribution in [3.8, 4) is 5.75 Å². The smallest absolute Gasteiger partial charge is 0.118 e. The third-order valence-corrected chi connectivity index (χ3v) is 3.33. The van der Waals surface area contributed by atoms with Gasteiger partial charge in [-0.1, -0.05) is 12.1 Å². The van der Waals surface area contributed by atoms with Crippen LogP contribution in [-0.2, 0) is 6.42 Å². The third kappa shape index (κ3) is 4.03. The zero-order valence-electron chi connectivity index (χ0n) is 10.2. The number of nitrogens with zero attached hydrogens (tertiary/aromatic N) is 1. The van der Waals surface area contributed by atoms with Crippen molar-refractivity contribution in [3.63, 3.8) is 0 Å². The summed E-state index contributed by atoms with van der Waals surface area (Å²) in [6.45, 7) is 3.17. The Balaban J connectivity index is 2.42. The molecule has 0 aromatic heterocycles. The highest BCUT2D eigenvalue weighted by molar-refractivity contribution is 6.18. The van der Waals surface area contributed by atoms with Gasteiger partial charge in [-0.2, -0.15) is 0 Å². The average Bonchev–Trinajstić information content (AvgIpc) is 2.35. The fourth-order valence-electron chi connectivity index (χ4n) is 1.44. The predicted octanol–water partition coefficient (Wildman–Crippen LogP) is 2.80. The van der Waals surface area contributed by atoms with E-state index in [1.165, 1.54) is 5.56 Å². The molecule has 3 heteroatoms. The highest BCUT2D eigenvalue weighted by Crippen LogP contribution is 2.12. The summed E-state index contributed by atoms with van der Waals surface area (Å²) >= 11 is 5.81. The topological polar surface area (TPSA) is 12.5 Å². The summed E-state index contributed by atoms with van der Waals surface area (Å²) < 4.78 is 5.12. The number of hydrogen-bond acceptors (Lipinski definition) is 2. The molecule has 0 fully saturated rings. The molecule has 0 heterocycles. The van der Waals surface area contributed by atoms with Crippen LogP contribution in [-0.4, -0.2) is 37.5 Å². The minimum atomic E-state index is 0.430. The maximum Gasteiger partial charge on any atom is 0.118 e. The molecule has 0 aliphatic rings. The van der Waals surface area contributed by atoms with Crippen LogP contribution in [0.2, 0.25) is 0 Å². The van der Waals surface area contributed by atoms with Crippen LogP contribution in [0.4, 0.5) is 0 Å². The number of hydrogen-bond donors (Lipinski definition) is 0. The molecule has 0 radical (unpaired) electrons. The van der Waals surface area contributed by atoms with Crippen molar-refractivity contribution in [2.24, 2.45) is 0 Å². The maximum atomic E-state index is 5.81. The van der Waals surface area contributed by atoms with Gasteiger partial charge in [0.1, 0.15) is 5.75 Å². The van der Waals surface area contributed by atoms with E-state index in [2.05, 4.69) is 31.0 Å². The van der Waals surface area contributed by atoms with Crippen molar-refractivity contribution in [3.05, 3.63) is 29.8 Å². The number of halogens is 1. The molecule has 0 saturated carbocycles. The van der Waals surface area contributed by atoms with Gasteiger partial charge in [-0.15, -0.1) is 11.6 Å². The minimum Gasteiger partial charge on any atom is -0.497 e. The standard InChI is InChI=1S/C13H20ClNO/c1-11(10-14)15(2)9-8-12-4-6-13(16-3)7-5-12/h4-7,11H,8-10H2,1-3H3/t11-/m0/s1. The van der Waals surface area contributed by atoms with Crippen LogP contribution in [0.15, 0.2) is 24.3 Å². The molecule has 1 aromatic rings. The Morgan fingerprint density at radius 3 is 2.44 bits per heavy atom. The molecular formula is C13H20ClNO. The Morgan fingerprint density at radius 2 is 1.94 bits per heavy atom. The predicted molar refractivity (Wildman–Crippen MR) is 69.5 cm³/mol. The van der Waals surface area contributed by atoms with Gasteiger partial charge in [0.25, 0.3) is 0 Å². The maximum absolute atomic E-state index is 5.81. The first-order valence-corrected chi connectivity index (χ1v) is 6.10. The van der Waals surface area contributed by atoms with Gasteiger partial charge in [-0.3, -0.25) is 0 Å². The van der Waals surface area contributed by atoms with E-state index in [4.69, 9.17) is 16.3 Å². The molecule has 1 aromatic carbocycles. The third-order valence-electron chi connectivity index (χ3n) is 2.89. The van der Waals surface area contributed by atoms with Gasteiger partial charge in [-0.25, -0.2) is 0 Å². The molecule has 0 saturated heterocycles. The molecule has 0 aliphatic heterocycles. The summed E-state index contributed by atoms with van der Waals surface area (Å²) in [5, 5.41) is 0. The second-order valence-electron chi connectivity index (χ2n) is 4.08. The molecule has 0 bridgehead atoms. The van der Waals surface area contributed by atoms with Crippen molar-refractivity contribution in [1.29, 1.82) is 0 Å². The van der Waals surface area contributed by atoms with E-state index in [1.54, 1.807) is 7.11 Å². The SMILES string of the molecule is COc1ccc(CCN(C)[C@@H](C)CCl)cc1. The molecule has 2 nitrogen and oxygen atoms in total. The molecular weight excluding hydrogens is 222 g/mol. The fourth-order valence-corrected chi connectivity index (χ4v) is 1.67. The van der Waals surface area contributed by atoms with Crippen LogP contribution in [0, 0.1) is 0 Å². The van der Waals surface area contributed by atoms with Crippen LogP contribution in [0.25, 0.3) is 0 Å². The number of ether oxygens (including phenoxy) is 1. The Bertz CT molecular complexity index is 299. The number of alkyl halides is 1. The molecule has 16 heavy (non-hydrogen) atoms. The number of likely N-dealkylation sites (N-methyl/N-ethyl adjacent to an activating group) is 1. The molecule has 1 rings (SSSR count). The second-order valence-corrected chi connectivity index (χ2v) is 4.39. The van der Waals surface area contributed by atoms with Gasteiger partial charge >= 0.3 is 0 Å². The molecule has 0 unspecified atom stereocenters. The zero-order valence-corrected chi connectivity index (χ0v) is 11.0. The summed E-state index contributed by atoms with van der Waals surface area (Å²) in [5.41, 5.74) is 1.33. The monoisotopic (exact) mass is 241 g/mol. The van der Waals surface area contributed by atoms with E-state index in [0.717, 1.165) is 18.7 Å². The average molecular weight is 242 g/mol. The molecule has 0 aliphatic carbocycles. The van der Waals surface area contributed by atoms with Crippen LogP contribution >= 0.6 is 11.6 Å². The van der Waals surface area contributed by atoms with Crippen molar-refractivity contribution < 1.29 is 4.74 Å². The Hall–Kier alpha value is -0.730. The highest BCUT2D eigenvalue weighted by atomic mass is 35.5. The quantitative estimate of drug-likeness (QED) is 0.711. The van der Waals surface area contributed by atoms with Gasteiger partial charge in [0, 0.05) is 18.5 Å². The zero-order chi connectivity index (χ0) is 12.0. The first-order chi connectivity index (χ1) is 7.67. The van der Waals surface area contributed by atoms with Gasteiger partial charge in [0.05, 0.1) is 7.11 Å². The van der Waals surface area contributed by atoms with Crippen molar-refractivity contribution in [1.82, 2.24) is 4.90 Å². The number of benzene rings is 1. The van der Waals surface area contributed by atoms with Crippen LogP contribution in [0.3, 0.4) is 0 Å². The Morgan fingerprint density at radius 1 is 1.31 bits per heavy atom. The summed E-state index contributed by atoms with van der Waals surface area (Å²) in [5.74, 6) is 1.59. The molecule has 0 spiro atoms. The van der Waals surface area contributed by atoms with Crippen LogP contribution in [0.1, 0.15) is 12.5 Å². The second kappa shape index (κ2) is 6.77. The molecule has 90 valence electrons. The van der Waals surface area contributed by atoms with E-state index >= 15 is 0 Å². The van der Waals surface area contributed by atoms with E-state index in [9.17, 15) is 0 Å². The van der Waals surface area contributed by atoms with Crippen molar-refractivity contribution in [2.75, 3.05) is 26.6 Å². The lowest BCUT2D eigenvalue weighted by molar-refractivity contribution is 0.280. The highest BCUT2D eigenvalue weighted by Gasteiger charge is 2.07. The van der Waals surface area contributed by atoms with E-state index < -0.39 is 0 Å². The Labute approximate surface area is 103 Å². The van der Waals surface area contributed by atoms with Crippen LogP contribution < -0.4 is 4.74 Å². The van der Waals surface area contributed by atoms with E-state index in [0.29, 0.717) is 11.9 Å². The lowest BCUT2D eigenvalue weighted by atomic mass is 10.1. The Kier molecular flexibility index (Phi) is 5.64. The number of rotatable bonds is 6. The number of methoxy groups -OCH3 is 1. The van der Waals surface area contributed by atoms with Crippen LogP contribution in [0.5, 0.6) is 5.75 Å². The summed E-state index contributed by atoms with van der Waals surface area (Å²) in [7, 11) is 3.79. The molecule has 0 N–H and O–H groups in total. The molecule has 1 atom stereocenters. The van der Waals surface area contributed by atoms with Gasteiger partial charge in [0.15, 0.2) is 0 Å². The summed E-state index contributed by atoms with van der Waals surface area (Å²) in [4.78, 5) is 2.28. The van der Waals surface area contributed by atoms with Gasteiger partial charge in [-0.05, 0) is 38.1 Å². The lowest BCUT2D eigenvalue weighted by Gasteiger charge is -2.22. The fraction of sp³-hybridized carbons (Fsp3) is 0.538. The van der Waals surface area contributed by atoms with Crippen molar-refractivity contribution >= 4 is 11.6 Å². The normalized spacial score (nSPS) is 12.8. The van der Waals surface area contributed by atoms with Gasteiger partial charge < -0.3 is 9.64 Å². The first-order valence-electron chi connectivity index (χ1n) is 5.56. The van der Waals surface area contributed by atoms with E-state index in [-0.39, 0.29) is 0 Å². The lowest BCUT2D eigenvalue weighted by Crippen LogP contribution is -2.32. The first kappa shape index (κ1) is 13.3. The largest absolute Gasteiger partial charge is 0.497 e. The minimum absolute atomic E-state index is 0.430. The summed E-state index contributed by atoms with van der Waals surface area (Å²) in [6, 6.07) is 8.65. The van der Waals surface area contributed by atoms with Crippen molar-refractivity contribution in [2.45, 2.75) is 19.4 Å². The van der Waals surface area contributed by atoms with E-state index in [1.807, 2.05) is 12.1 Å². The molecule has 0 amide bonds. The van der Waals surface area contributed by atoms with Gasteiger partial charge in [0.2, 0.25) is 0 Å².